The number of hydrogen-bond donors (Lipinski definition) is 1. The van der Waals surface area contributed by atoms with Crippen molar-refractivity contribution in [3.05, 3.63) is 30.1 Å². The fourth-order valence-corrected chi connectivity index (χ4v) is 1.46. The summed E-state index contributed by atoms with van der Waals surface area (Å²) in [7, 11) is 0. The van der Waals surface area contributed by atoms with Gasteiger partial charge in [-0.2, -0.15) is 0 Å². The van der Waals surface area contributed by atoms with Crippen LogP contribution in [0.15, 0.2) is 24.5 Å². The Kier molecular flexibility index (Phi) is 5.13. The van der Waals surface area contributed by atoms with Gasteiger partial charge in [0.25, 0.3) is 0 Å². The van der Waals surface area contributed by atoms with Crippen LogP contribution in [0.25, 0.3) is 0 Å². The summed E-state index contributed by atoms with van der Waals surface area (Å²) < 4.78 is 0. The maximum Gasteiger partial charge on any atom is 0.305 e. The minimum atomic E-state index is -0.898. The van der Waals surface area contributed by atoms with Gasteiger partial charge in [-0.05, 0) is 11.6 Å². The van der Waals surface area contributed by atoms with E-state index in [1.807, 2.05) is 6.07 Å². The monoisotopic (exact) mass is 236 g/mol. The van der Waals surface area contributed by atoms with Crippen LogP contribution in [0.5, 0.6) is 0 Å². The zero-order valence-electron chi connectivity index (χ0n) is 9.80. The van der Waals surface area contributed by atoms with Gasteiger partial charge < -0.3 is 10.0 Å². The molecular weight excluding hydrogens is 220 g/mol. The van der Waals surface area contributed by atoms with Crippen molar-refractivity contribution in [2.75, 3.05) is 6.54 Å². The summed E-state index contributed by atoms with van der Waals surface area (Å²) in [5, 5.41) is 8.63. The van der Waals surface area contributed by atoms with Gasteiger partial charge in [-0.15, -0.1) is 0 Å². The largest absolute Gasteiger partial charge is 0.481 e. The summed E-state index contributed by atoms with van der Waals surface area (Å²) in [4.78, 5) is 27.7. The van der Waals surface area contributed by atoms with Crippen LogP contribution in [0.3, 0.4) is 0 Å². The predicted molar refractivity (Wildman–Crippen MR) is 62.2 cm³/mol. The Morgan fingerprint density at radius 1 is 1.47 bits per heavy atom. The second kappa shape index (κ2) is 6.62. The second-order valence-electron chi connectivity index (χ2n) is 3.67. The normalized spacial score (nSPS) is 9.94. The first kappa shape index (κ1) is 13.2. The van der Waals surface area contributed by atoms with Gasteiger partial charge in [0.05, 0.1) is 6.42 Å². The van der Waals surface area contributed by atoms with Crippen molar-refractivity contribution >= 4 is 11.9 Å². The van der Waals surface area contributed by atoms with Crippen molar-refractivity contribution in [3.8, 4) is 0 Å². The number of rotatable bonds is 6. The number of pyridine rings is 1. The average Bonchev–Trinajstić information content (AvgIpc) is 2.34. The van der Waals surface area contributed by atoms with Crippen molar-refractivity contribution in [3.63, 3.8) is 0 Å². The van der Waals surface area contributed by atoms with Crippen LogP contribution in [-0.2, 0) is 16.1 Å². The Morgan fingerprint density at radius 3 is 2.76 bits per heavy atom. The average molecular weight is 236 g/mol. The summed E-state index contributed by atoms with van der Waals surface area (Å²) in [6.07, 6.45) is 3.68. The Hall–Kier alpha value is -1.91. The molecule has 0 aliphatic carbocycles. The van der Waals surface area contributed by atoms with E-state index in [4.69, 9.17) is 5.11 Å². The highest BCUT2D eigenvalue weighted by Crippen LogP contribution is 2.05. The molecule has 5 heteroatoms. The molecule has 1 amide bonds. The lowest BCUT2D eigenvalue weighted by Gasteiger charge is -2.21. The number of amides is 1. The van der Waals surface area contributed by atoms with Gasteiger partial charge in [0, 0.05) is 31.9 Å². The zero-order valence-corrected chi connectivity index (χ0v) is 9.80. The highest BCUT2D eigenvalue weighted by Gasteiger charge is 2.13. The molecule has 5 nitrogen and oxygen atoms in total. The minimum Gasteiger partial charge on any atom is -0.481 e. The van der Waals surface area contributed by atoms with Gasteiger partial charge in [0.15, 0.2) is 0 Å². The summed E-state index contributed by atoms with van der Waals surface area (Å²) in [6, 6.07) is 3.66. The molecule has 1 N–H and O–H groups in total. The smallest absolute Gasteiger partial charge is 0.305 e. The molecule has 0 fully saturated rings. The van der Waals surface area contributed by atoms with Crippen molar-refractivity contribution in [1.82, 2.24) is 9.88 Å². The van der Waals surface area contributed by atoms with Gasteiger partial charge >= 0.3 is 5.97 Å². The molecule has 0 bridgehead atoms. The maximum absolute atomic E-state index is 11.6. The lowest BCUT2D eigenvalue weighted by molar-refractivity contribution is -0.138. The molecule has 17 heavy (non-hydrogen) atoms. The number of carbonyl (C=O) groups is 2. The van der Waals surface area contributed by atoms with E-state index in [0.717, 1.165) is 5.56 Å². The topological polar surface area (TPSA) is 70.5 Å². The van der Waals surface area contributed by atoms with Crippen molar-refractivity contribution in [2.45, 2.75) is 26.3 Å². The highest BCUT2D eigenvalue weighted by atomic mass is 16.4. The number of carbonyl (C=O) groups excluding carboxylic acids is 1. The van der Waals surface area contributed by atoms with Crippen molar-refractivity contribution < 1.29 is 14.7 Å². The predicted octanol–water partition coefficient (Wildman–Crippen LogP) is 1.29. The van der Waals surface area contributed by atoms with Crippen LogP contribution < -0.4 is 0 Å². The molecular formula is C12H16N2O3. The van der Waals surface area contributed by atoms with Gasteiger partial charge in [0.1, 0.15) is 0 Å². The number of aliphatic carboxylic acids is 1. The quantitative estimate of drug-likeness (QED) is 0.808. The van der Waals surface area contributed by atoms with Crippen LogP contribution in [-0.4, -0.2) is 33.4 Å². The minimum absolute atomic E-state index is 0.0357. The molecule has 1 heterocycles. The molecule has 0 spiro atoms. The van der Waals surface area contributed by atoms with Gasteiger partial charge in [0.2, 0.25) is 5.91 Å². The molecule has 0 saturated carbocycles. The molecule has 1 aromatic heterocycles. The Bertz CT molecular complexity index is 379. The Labute approximate surface area is 100 Å². The standard InChI is InChI=1S/C12H16N2O3/c1-2-11(15)14(7-5-12(16)17)9-10-4-3-6-13-8-10/h3-4,6,8H,2,5,7,9H2,1H3,(H,16,17). The number of nitrogens with zero attached hydrogens (tertiary/aromatic N) is 2. The molecule has 1 aromatic rings. The van der Waals surface area contributed by atoms with E-state index in [2.05, 4.69) is 4.98 Å². The van der Waals surface area contributed by atoms with Crippen LogP contribution in [0.4, 0.5) is 0 Å². The lowest BCUT2D eigenvalue weighted by Crippen LogP contribution is -2.32. The molecule has 0 unspecified atom stereocenters. The van der Waals surface area contributed by atoms with Crippen LogP contribution in [0.1, 0.15) is 25.3 Å². The summed E-state index contributed by atoms with van der Waals surface area (Å²) in [5.74, 6) is -0.944. The molecule has 92 valence electrons. The highest BCUT2D eigenvalue weighted by molar-refractivity contribution is 5.76. The number of carboxylic acid groups (broad SMARTS) is 1. The zero-order chi connectivity index (χ0) is 12.7. The van der Waals surface area contributed by atoms with E-state index in [-0.39, 0.29) is 18.9 Å². The van der Waals surface area contributed by atoms with Crippen molar-refractivity contribution in [1.29, 1.82) is 0 Å². The number of carboxylic acids is 1. The second-order valence-corrected chi connectivity index (χ2v) is 3.67. The SMILES string of the molecule is CCC(=O)N(CCC(=O)O)Cc1cccnc1. The molecule has 0 aliphatic heterocycles. The van der Waals surface area contributed by atoms with E-state index in [0.29, 0.717) is 13.0 Å². The van der Waals surface area contributed by atoms with Gasteiger partial charge in [-0.1, -0.05) is 13.0 Å². The van der Waals surface area contributed by atoms with Crippen LogP contribution in [0.2, 0.25) is 0 Å². The number of aromatic nitrogens is 1. The third kappa shape index (κ3) is 4.63. The number of hydrogen-bond acceptors (Lipinski definition) is 3. The van der Waals surface area contributed by atoms with E-state index in [1.165, 1.54) is 0 Å². The first-order chi connectivity index (χ1) is 8.13. The fraction of sp³-hybridized carbons (Fsp3) is 0.417. The Balaban J connectivity index is 2.63. The summed E-state index contributed by atoms with van der Waals surface area (Å²) in [6.45, 7) is 2.41. The summed E-state index contributed by atoms with van der Waals surface area (Å²) in [5.41, 5.74) is 0.902. The summed E-state index contributed by atoms with van der Waals surface area (Å²) >= 11 is 0. The molecule has 0 atom stereocenters. The van der Waals surface area contributed by atoms with Crippen LogP contribution >= 0.6 is 0 Å². The van der Waals surface area contributed by atoms with E-state index < -0.39 is 5.97 Å². The van der Waals surface area contributed by atoms with E-state index in [9.17, 15) is 9.59 Å². The fourth-order valence-electron chi connectivity index (χ4n) is 1.46. The van der Waals surface area contributed by atoms with Crippen molar-refractivity contribution in [2.24, 2.45) is 0 Å². The van der Waals surface area contributed by atoms with E-state index >= 15 is 0 Å². The molecule has 0 aliphatic rings. The molecule has 0 radical (unpaired) electrons. The third-order valence-electron chi connectivity index (χ3n) is 2.35. The van der Waals surface area contributed by atoms with Gasteiger partial charge in [-0.25, -0.2) is 0 Å². The first-order valence-corrected chi connectivity index (χ1v) is 5.52. The van der Waals surface area contributed by atoms with Gasteiger partial charge in [-0.3, -0.25) is 14.6 Å². The van der Waals surface area contributed by atoms with Crippen LogP contribution in [0, 0.1) is 0 Å². The third-order valence-corrected chi connectivity index (χ3v) is 2.35. The van der Waals surface area contributed by atoms with E-state index in [1.54, 1.807) is 30.3 Å². The molecule has 1 rings (SSSR count). The first-order valence-electron chi connectivity index (χ1n) is 5.52. The molecule has 0 saturated heterocycles. The maximum atomic E-state index is 11.6. The Morgan fingerprint density at radius 2 is 2.24 bits per heavy atom. The lowest BCUT2D eigenvalue weighted by atomic mass is 10.2. The molecule has 0 aromatic carbocycles.